The van der Waals surface area contributed by atoms with Crippen LogP contribution in [0.1, 0.15) is 27.2 Å². The molecular weight excluding hydrogens is 192 g/mol. The minimum Gasteiger partial charge on any atom is -0.300 e. The number of ketones is 1. The molecule has 0 radical (unpaired) electrons. The van der Waals surface area contributed by atoms with Gasteiger partial charge in [0.25, 0.3) is 0 Å². The Labute approximate surface area is 70.3 Å². The highest BCUT2D eigenvalue weighted by Gasteiger charge is 2.56. The van der Waals surface area contributed by atoms with Crippen molar-refractivity contribution < 1.29 is 4.79 Å². The molecule has 58 valence electrons. The van der Waals surface area contributed by atoms with E-state index in [0.29, 0.717) is 21.9 Å². The number of halogens is 1. The molecule has 0 aliphatic heterocycles. The number of carbonyl (C=O) groups excluding carboxylic acids is 1. The smallest absolute Gasteiger partial charge is 0.130 e. The number of hydrogen-bond donors (Lipinski definition) is 0. The van der Waals surface area contributed by atoms with Crippen molar-refractivity contribution in [2.75, 3.05) is 0 Å². The van der Waals surface area contributed by atoms with Crippen molar-refractivity contribution in [2.24, 2.45) is 11.3 Å². The molecule has 1 fully saturated rings. The third-order valence-corrected chi connectivity index (χ3v) is 4.24. The van der Waals surface area contributed by atoms with E-state index in [1.807, 2.05) is 0 Å². The normalized spacial score (nSPS) is 35.6. The molecule has 2 heteroatoms. The first-order chi connectivity index (χ1) is 4.46. The monoisotopic (exact) mass is 204 g/mol. The van der Waals surface area contributed by atoms with Crippen molar-refractivity contribution in [1.82, 2.24) is 0 Å². The maximum absolute atomic E-state index is 10.7. The van der Waals surface area contributed by atoms with Gasteiger partial charge in [-0.15, -0.1) is 0 Å². The predicted octanol–water partition coefficient (Wildman–Crippen LogP) is 2.39. The summed E-state index contributed by atoms with van der Waals surface area (Å²) in [6, 6.07) is 0. The molecule has 0 N–H and O–H groups in total. The zero-order valence-corrected chi connectivity index (χ0v) is 8.23. The summed E-state index contributed by atoms with van der Waals surface area (Å²) < 4.78 is 0. The van der Waals surface area contributed by atoms with E-state index in [9.17, 15) is 4.79 Å². The number of hydrogen-bond acceptors (Lipinski definition) is 1. The van der Waals surface area contributed by atoms with E-state index in [4.69, 9.17) is 0 Å². The molecular formula is C8H13BrO. The third kappa shape index (κ3) is 1.26. The average Bonchev–Trinajstić information content (AvgIpc) is 2.17. The van der Waals surface area contributed by atoms with Gasteiger partial charge in [0.1, 0.15) is 5.78 Å². The lowest BCUT2D eigenvalue weighted by molar-refractivity contribution is -0.117. The second-order valence-corrected chi connectivity index (χ2v) is 4.72. The van der Waals surface area contributed by atoms with Crippen LogP contribution in [0.5, 0.6) is 0 Å². The fourth-order valence-corrected chi connectivity index (χ4v) is 2.41. The molecule has 2 atom stereocenters. The Balaban J connectivity index is 2.42. The van der Waals surface area contributed by atoms with Crippen molar-refractivity contribution >= 4 is 21.7 Å². The van der Waals surface area contributed by atoms with Crippen molar-refractivity contribution in [3.05, 3.63) is 0 Å². The second kappa shape index (κ2) is 2.33. The molecule has 1 aliphatic rings. The Morgan fingerprint density at radius 3 is 2.10 bits per heavy atom. The molecule has 10 heavy (non-hydrogen) atoms. The first-order valence-corrected chi connectivity index (χ1v) is 4.51. The highest BCUT2D eigenvalue weighted by atomic mass is 79.9. The van der Waals surface area contributed by atoms with Gasteiger partial charge in [-0.3, -0.25) is 0 Å². The zero-order valence-electron chi connectivity index (χ0n) is 6.65. The van der Waals surface area contributed by atoms with Crippen molar-refractivity contribution in [2.45, 2.75) is 32.0 Å². The van der Waals surface area contributed by atoms with E-state index in [1.165, 1.54) is 0 Å². The quantitative estimate of drug-likeness (QED) is 0.632. The SMILES string of the molecule is CC(=O)C[C@@H]1[C@@H](Br)C1(C)C. The van der Waals surface area contributed by atoms with Gasteiger partial charge in [0.15, 0.2) is 0 Å². The highest BCUT2D eigenvalue weighted by molar-refractivity contribution is 9.09. The van der Waals surface area contributed by atoms with Crippen LogP contribution in [0.25, 0.3) is 0 Å². The van der Waals surface area contributed by atoms with E-state index in [0.717, 1.165) is 6.42 Å². The summed E-state index contributed by atoms with van der Waals surface area (Å²) in [5.41, 5.74) is 0.353. The number of carbonyl (C=O) groups is 1. The second-order valence-electron chi connectivity index (χ2n) is 3.74. The fraction of sp³-hybridized carbons (Fsp3) is 0.875. The van der Waals surface area contributed by atoms with Crippen LogP contribution in [0.4, 0.5) is 0 Å². The molecule has 1 saturated carbocycles. The van der Waals surface area contributed by atoms with Crippen LogP contribution in [0.3, 0.4) is 0 Å². The lowest BCUT2D eigenvalue weighted by atomic mass is 10.1. The lowest BCUT2D eigenvalue weighted by Crippen LogP contribution is -1.96. The van der Waals surface area contributed by atoms with Gasteiger partial charge in [-0.1, -0.05) is 29.8 Å². The molecule has 0 amide bonds. The molecule has 0 aromatic carbocycles. The van der Waals surface area contributed by atoms with Crippen LogP contribution in [0.2, 0.25) is 0 Å². The van der Waals surface area contributed by atoms with Crippen LogP contribution in [0, 0.1) is 11.3 Å². The Bertz CT molecular complexity index is 163. The molecule has 0 bridgehead atoms. The topological polar surface area (TPSA) is 17.1 Å². The van der Waals surface area contributed by atoms with Gasteiger partial charge in [-0.2, -0.15) is 0 Å². The lowest BCUT2D eigenvalue weighted by Gasteiger charge is -1.97. The van der Waals surface area contributed by atoms with E-state index in [-0.39, 0.29) is 0 Å². The molecule has 0 heterocycles. The van der Waals surface area contributed by atoms with Crippen molar-refractivity contribution in [3.63, 3.8) is 0 Å². The van der Waals surface area contributed by atoms with E-state index >= 15 is 0 Å². The maximum atomic E-state index is 10.7. The molecule has 1 aliphatic carbocycles. The predicted molar refractivity (Wildman–Crippen MR) is 45.3 cm³/mol. The minimum absolute atomic E-state index is 0.306. The molecule has 0 spiro atoms. The Morgan fingerprint density at radius 1 is 1.60 bits per heavy atom. The maximum Gasteiger partial charge on any atom is 0.130 e. The van der Waals surface area contributed by atoms with Crippen molar-refractivity contribution in [1.29, 1.82) is 0 Å². The van der Waals surface area contributed by atoms with Gasteiger partial charge >= 0.3 is 0 Å². The third-order valence-electron chi connectivity index (χ3n) is 2.42. The summed E-state index contributed by atoms with van der Waals surface area (Å²) in [5.74, 6) is 0.880. The van der Waals surface area contributed by atoms with Gasteiger partial charge in [0.05, 0.1) is 0 Å². The average molecular weight is 205 g/mol. The Morgan fingerprint density at radius 2 is 2.00 bits per heavy atom. The number of rotatable bonds is 2. The van der Waals surface area contributed by atoms with Crippen LogP contribution >= 0.6 is 15.9 Å². The summed E-state index contributed by atoms with van der Waals surface area (Å²) in [4.78, 5) is 11.3. The van der Waals surface area contributed by atoms with E-state index < -0.39 is 0 Å². The summed E-state index contributed by atoms with van der Waals surface area (Å²) in [7, 11) is 0. The fourth-order valence-electron chi connectivity index (χ4n) is 1.35. The largest absolute Gasteiger partial charge is 0.300 e. The Hall–Kier alpha value is 0.150. The first kappa shape index (κ1) is 8.25. The molecule has 0 aromatic heterocycles. The van der Waals surface area contributed by atoms with E-state index in [1.54, 1.807) is 6.92 Å². The van der Waals surface area contributed by atoms with Gasteiger partial charge in [-0.25, -0.2) is 0 Å². The van der Waals surface area contributed by atoms with Gasteiger partial charge < -0.3 is 4.79 Å². The van der Waals surface area contributed by atoms with Crippen LogP contribution in [-0.2, 0) is 4.79 Å². The molecule has 0 saturated heterocycles. The molecule has 1 rings (SSSR count). The van der Waals surface area contributed by atoms with Crippen molar-refractivity contribution in [3.8, 4) is 0 Å². The highest BCUT2D eigenvalue weighted by Crippen LogP contribution is 2.58. The Kier molecular flexibility index (Phi) is 1.92. The van der Waals surface area contributed by atoms with Crippen LogP contribution in [0.15, 0.2) is 0 Å². The first-order valence-electron chi connectivity index (χ1n) is 3.59. The van der Waals surface area contributed by atoms with E-state index in [2.05, 4.69) is 29.8 Å². The zero-order chi connectivity index (χ0) is 7.94. The summed E-state index contributed by atoms with van der Waals surface area (Å²) in [5, 5.41) is 0. The molecule has 1 nitrogen and oxygen atoms in total. The summed E-state index contributed by atoms with van der Waals surface area (Å²) in [6.07, 6.45) is 0.739. The molecule has 0 aromatic rings. The van der Waals surface area contributed by atoms with Gasteiger partial charge in [0, 0.05) is 11.2 Å². The summed E-state index contributed by atoms with van der Waals surface area (Å²) >= 11 is 3.55. The standard InChI is InChI=1S/C8H13BrO/c1-5(10)4-6-7(9)8(6,2)3/h6-7H,4H2,1-3H3/t6-,7-/m1/s1. The number of Topliss-reactive ketones (excluding diaryl/α,β-unsaturated/α-hetero) is 1. The van der Waals surface area contributed by atoms with Gasteiger partial charge in [0.2, 0.25) is 0 Å². The summed E-state index contributed by atoms with van der Waals surface area (Å²) in [6.45, 7) is 6.05. The van der Waals surface area contributed by atoms with Crippen LogP contribution < -0.4 is 0 Å². The van der Waals surface area contributed by atoms with Crippen LogP contribution in [-0.4, -0.2) is 10.6 Å². The molecule has 0 unspecified atom stereocenters. The van der Waals surface area contributed by atoms with Gasteiger partial charge in [-0.05, 0) is 18.3 Å². The minimum atomic E-state index is 0.306. The number of alkyl halides is 1.